The summed E-state index contributed by atoms with van der Waals surface area (Å²) in [5, 5.41) is 0. The maximum atomic E-state index is 11.0. The van der Waals surface area contributed by atoms with Crippen LogP contribution in [0.5, 0.6) is 0 Å². The zero-order chi connectivity index (χ0) is 10.7. The molecule has 78 valence electrons. The second kappa shape index (κ2) is 4.14. The Kier molecular flexibility index (Phi) is 3.98. The van der Waals surface area contributed by atoms with Gasteiger partial charge in [-0.05, 0) is 13.3 Å². The minimum atomic E-state index is -4.19. The van der Waals surface area contributed by atoms with Gasteiger partial charge in [0.25, 0.3) is 0 Å². The lowest BCUT2D eigenvalue weighted by atomic mass is 10.6. The van der Waals surface area contributed by atoms with Gasteiger partial charge in [-0.1, -0.05) is 6.92 Å². The van der Waals surface area contributed by atoms with Crippen molar-refractivity contribution < 1.29 is 20.4 Å². The van der Waals surface area contributed by atoms with Gasteiger partial charge in [0.1, 0.15) is 11.5 Å². The first-order valence-electron chi connectivity index (χ1n) is 3.71. The summed E-state index contributed by atoms with van der Waals surface area (Å²) in [4.78, 5) is 10.8. The molecule has 0 radical (unpaired) electrons. The van der Waals surface area contributed by atoms with Crippen LogP contribution in [-0.2, 0) is 20.0 Å². The summed E-state index contributed by atoms with van der Waals surface area (Å²) < 4.78 is 42.9. The summed E-state index contributed by atoms with van der Waals surface area (Å²) in [6.07, 6.45) is 0.209. The number of rotatable bonds is 5. The molecule has 13 heavy (non-hydrogen) atoms. The lowest BCUT2D eigenvalue weighted by molar-refractivity contribution is -0.203. The van der Waals surface area contributed by atoms with Crippen LogP contribution in [0.3, 0.4) is 0 Å². The normalized spacial score (nSPS) is 12.8. The van der Waals surface area contributed by atoms with Gasteiger partial charge in [-0.25, -0.2) is 0 Å². The SMILES string of the molecule is CCCS(=O)(=O)[N+](=O)S(=O)(=O)CC. The van der Waals surface area contributed by atoms with Crippen LogP contribution in [0.15, 0.2) is 0 Å². The molecule has 0 unspecified atom stereocenters. The van der Waals surface area contributed by atoms with E-state index >= 15 is 0 Å². The third-order valence-corrected chi connectivity index (χ3v) is 5.21. The lowest BCUT2D eigenvalue weighted by Gasteiger charge is -1.92. The summed E-state index contributed by atoms with van der Waals surface area (Å²) in [7, 11) is -8.38. The van der Waals surface area contributed by atoms with Crippen LogP contribution < -0.4 is 0 Å². The van der Waals surface area contributed by atoms with E-state index in [2.05, 4.69) is 0 Å². The monoisotopic (exact) mass is 230 g/mol. The van der Waals surface area contributed by atoms with Gasteiger partial charge in [-0.15, -0.1) is 0 Å². The summed E-state index contributed by atoms with van der Waals surface area (Å²) in [5.74, 6) is -0.963. The van der Waals surface area contributed by atoms with Crippen LogP contribution in [0, 0.1) is 4.91 Å². The summed E-state index contributed by atoms with van der Waals surface area (Å²) in [6, 6.07) is 0. The molecule has 0 heterocycles. The largest absolute Gasteiger partial charge is 0.425 e. The van der Waals surface area contributed by atoms with Crippen molar-refractivity contribution in [2.24, 2.45) is 0 Å². The third-order valence-electron chi connectivity index (χ3n) is 1.28. The highest BCUT2D eigenvalue weighted by Crippen LogP contribution is 2.02. The van der Waals surface area contributed by atoms with E-state index in [4.69, 9.17) is 0 Å². The molecule has 0 amide bonds. The Labute approximate surface area is 77.6 Å². The summed E-state index contributed by atoms with van der Waals surface area (Å²) in [6.45, 7) is 2.76. The van der Waals surface area contributed by atoms with Gasteiger partial charge in [0, 0.05) is 0 Å². The van der Waals surface area contributed by atoms with Crippen LogP contribution in [0.2, 0.25) is 0 Å². The van der Waals surface area contributed by atoms with E-state index in [1.165, 1.54) is 6.92 Å². The van der Waals surface area contributed by atoms with Crippen molar-refractivity contribution in [3.05, 3.63) is 4.91 Å². The first kappa shape index (κ1) is 12.5. The molecule has 0 rings (SSSR count). The molecule has 0 bridgehead atoms. The average Bonchev–Trinajstić information content (AvgIpc) is 2.03. The number of nitrogens with zero attached hydrogens (tertiary/aromatic N) is 1. The Morgan fingerprint density at radius 2 is 1.46 bits per heavy atom. The van der Waals surface area contributed by atoms with Gasteiger partial charge in [-0.2, -0.15) is 16.8 Å². The van der Waals surface area contributed by atoms with Gasteiger partial charge in [0.05, 0.1) is 4.91 Å². The van der Waals surface area contributed by atoms with E-state index < -0.39 is 35.1 Å². The minimum Gasteiger partial charge on any atom is -0.158 e. The Balaban J connectivity index is 5.04. The van der Waals surface area contributed by atoms with Crippen molar-refractivity contribution in [1.82, 2.24) is 0 Å². The summed E-state index contributed by atoms with van der Waals surface area (Å²) in [5.41, 5.74) is 0. The predicted molar refractivity (Wildman–Crippen MR) is 47.2 cm³/mol. The van der Waals surface area contributed by atoms with Crippen molar-refractivity contribution in [3.63, 3.8) is 0 Å². The molecule has 0 spiro atoms. The van der Waals surface area contributed by atoms with Gasteiger partial charge >= 0.3 is 20.0 Å². The predicted octanol–water partition coefficient (Wildman–Crippen LogP) is -0.145. The van der Waals surface area contributed by atoms with Gasteiger partial charge in [0.15, 0.2) is 0 Å². The standard InChI is InChI=1S/C5H12NO5S2/c1-3-5-13(10,11)6(7)12(8,9)4-2/h3-5H2,1-2H3/q+1. The molecule has 0 saturated carbocycles. The van der Waals surface area contributed by atoms with Gasteiger partial charge < -0.3 is 0 Å². The fourth-order valence-corrected chi connectivity index (χ4v) is 3.41. The molecule has 0 aromatic rings. The van der Waals surface area contributed by atoms with Crippen LogP contribution in [0.4, 0.5) is 0 Å². The second-order valence-electron chi connectivity index (χ2n) is 2.38. The molecule has 0 atom stereocenters. The maximum Gasteiger partial charge on any atom is 0.425 e. The molecular weight excluding hydrogens is 218 g/mol. The van der Waals surface area contributed by atoms with Crippen LogP contribution >= 0.6 is 0 Å². The Bertz CT molecular complexity index is 379. The summed E-state index contributed by atoms with van der Waals surface area (Å²) >= 11 is 0. The number of sulfonamides is 2. The highest BCUT2D eigenvalue weighted by molar-refractivity contribution is 7.97. The number of nitroso groups, excluding NO2 is 1. The van der Waals surface area contributed by atoms with Crippen molar-refractivity contribution >= 4 is 20.0 Å². The van der Waals surface area contributed by atoms with Crippen molar-refractivity contribution in [2.45, 2.75) is 20.3 Å². The van der Waals surface area contributed by atoms with E-state index in [9.17, 15) is 21.7 Å². The van der Waals surface area contributed by atoms with E-state index in [-0.39, 0.29) is 6.42 Å². The van der Waals surface area contributed by atoms with Crippen LogP contribution in [0.25, 0.3) is 0 Å². The molecule has 0 aliphatic heterocycles. The molecule has 8 heteroatoms. The lowest BCUT2D eigenvalue weighted by Crippen LogP contribution is -2.28. The molecule has 0 saturated heterocycles. The molecule has 0 aliphatic carbocycles. The smallest absolute Gasteiger partial charge is 0.158 e. The highest BCUT2D eigenvalue weighted by Gasteiger charge is 2.40. The minimum absolute atomic E-state index is 0.209. The molecule has 0 aromatic carbocycles. The fraction of sp³-hybridized carbons (Fsp3) is 1.00. The third kappa shape index (κ3) is 3.03. The van der Waals surface area contributed by atoms with E-state index in [1.807, 2.05) is 0 Å². The van der Waals surface area contributed by atoms with Crippen molar-refractivity contribution in [3.8, 4) is 0 Å². The average molecular weight is 230 g/mol. The molecule has 0 aromatic heterocycles. The Hall–Kier alpha value is -0.500. The fourth-order valence-electron chi connectivity index (χ4n) is 0.611. The van der Waals surface area contributed by atoms with E-state index in [0.717, 1.165) is 0 Å². The van der Waals surface area contributed by atoms with Gasteiger partial charge in [0.2, 0.25) is 3.57 Å². The van der Waals surface area contributed by atoms with Gasteiger partial charge in [-0.3, -0.25) is 0 Å². The first-order chi connectivity index (χ1) is 5.78. The maximum absolute atomic E-state index is 11.0. The van der Waals surface area contributed by atoms with Crippen LogP contribution in [-0.4, -0.2) is 31.9 Å². The number of hydrogen-bond acceptors (Lipinski definition) is 5. The van der Waals surface area contributed by atoms with Crippen molar-refractivity contribution in [1.29, 1.82) is 0 Å². The number of hydrogen-bond donors (Lipinski definition) is 0. The Morgan fingerprint density at radius 3 is 1.77 bits per heavy atom. The van der Waals surface area contributed by atoms with E-state index in [1.54, 1.807) is 6.92 Å². The first-order valence-corrected chi connectivity index (χ1v) is 6.92. The quantitative estimate of drug-likeness (QED) is 0.613. The van der Waals surface area contributed by atoms with E-state index in [0.29, 0.717) is 0 Å². The molecule has 0 N–H and O–H groups in total. The molecule has 6 nitrogen and oxygen atoms in total. The molecule has 0 fully saturated rings. The second-order valence-corrected chi connectivity index (χ2v) is 6.59. The molecule has 0 aliphatic rings. The zero-order valence-corrected chi connectivity index (χ0v) is 9.06. The Morgan fingerprint density at radius 1 is 1.00 bits per heavy atom. The van der Waals surface area contributed by atoms with Crippen LogP contribution in [0.1, 0.15) is 20.3 Å². The topological polar surface area (TPSA) is 88.4 Å². The zero-order valence-electron chi connectivity index (χ0n) is 7.43. The van der Waals surface area contributed by atoms with Crippen molar-refractivity contribution in [2.75, 3.05) is 11.5 Å². The highest BCUT2D eigenvalue weighted by atomic mass is 32.3. The molecular formula is C5H12NO5S2+.